The minimum absolute atomic E-state index is 0.508. The van der Waals surface area contributed by atoms with Crippen LogP contribution in [0.5, 0.6) is 0 Å². The Balaban J connectivity index is 2.07. The van der Waals surface area contributed by atoms with E-state index in [2.05, 4.69) is 72.6 Å². The zero-order valence-electron chi connectivity index (χ0n) is 9.85. The summed E-state index contributed by atoms with van der Waals surface area (Å²) in [5.74, 6) is 0.508. The van der Waals surface area contributed by atoms with Gasteiger partial charge in [-0.3, -0.25) is 0 Å². The summed E-state index contributed by atoms with van der Waals surface area (Å²) in [6.07, 6.45) is 10.9. The van der Waals surface area contributed by atoms with Crippen LogP contribution >= 0.6 is 0 Å². The van der Waals surface area contributed by atoms with E-state index in [1.807, 2.05) is 0 Å². The number of rotatable bonds is 1. The molecule has 0 saturated carbocycles. The van der Waals surface area contributed by atoms with Crippen molar-refractivity contribution in [1.82, 2.24) is 4.98 Å². The smallest absolute Gasteiger partial charge is 0.0464 e. The van der Waals surface area contributed by atoms with Gasteiger partial charge in [0.1, 0.15) is 0 Å². The third-order valence-corrected chi connectivity index (χ3v) is 3.11. The van der Waals surface area contributed by atoms with Crippen molar-refractivity contribution in [3.8, 4) is 0 Å². The molecule has 2 aromatic rings. The molecule has 1 aliphatic carbocycles. The Bertz CT molecular complexity index is 593. The van der Waals surface area contributed by atoms with Gasteiger partial charge >= 0.3 is 0 Å². The lowest BCUT2D eigenvalue weighted by Crippen LogP contribution is -1.81. The van der Waals surface area contributed by atoms with Crippen LogP contribution in [0.4, 0.5) is 0 Å². The van der Waals surface area contributed by atoms with Crippen LogP contribution < -0.4 is 0 Å². The molecule has 0 spiro atoms. The van der Waals surface area contributed by atoms with Gasteiger partial charge in [-0.1, -0.05) is 55.5 Å². The number of H-pyrrole nitrogens is 1. The first-order valence-corrected chi connectivity index (χ1v) is 5.98. The number of nitrogens with one attached hydrogen (secondary N) is 1. The second kappa shape index (κ2) is 4.10. The van der Waals surface area contributed by atoms with Crippen molar-refractivity contribution in [1.29, 1.82) is 0 Å². The van der Waals surface area contributed by atoms with E-state index in [1.54, 1.807) is 0 Å². The molecule has 0 saturated heterocycles. The molecule has 1 nitrogen and oxygen atoms in total. The molecule has 1 aromatic heterocycles. The van der Waals surface area contributed by atoms with E-state index in [-0.39, 0.29) is 0 Å². The maximum Gasteiger partial charge on any atom is 0.0464 e. The summed E-state index contributed by atoms with van der Waals surface area (Å²) in [7, 11) is 0. The van der Waals surface area contributed by atoms with Crippen LogP contribution in [0.15, 0.2) is 60.7 Å². The number of benzene rings is 1. The van der Waals surface area contributed by atoms with Crippen molar-refractivity contribution in [2.24, 2.45) is 5.92 Å². The Morgan fingerprint density at radius 2 is 2.00 bits per heavy atom. The highest BCUT2D eigenvalue weighted by Gasteiger charge is 2.04. The van der Waals surface area contributed by atoms with Crippen molar-refractivity contribution in [2.45, 2.75) is 6.92 Å². The first-order valence-electron chi connectivity index (χ1n) is 5.98. The van der Waals surface area contributed by atoms with E-state index in [9.17, 15) is 0 Å². The molecule has 0 amide bonds. The molecule has 1 aliphatic rings. The van der Waals surface area contributed by atoms with Gasteiger partial charge in [-0.05, 0) is 23.6 Å². The number of para-hydroxylation sites is 1. The number of aromatic amines is 1. The first kappa shape index (κ1) is 10.2. The Labute approximate surface area is 101 Å². The molecule has 0 aliphatic heterocycles. The number of fused-ring (bicyclic) bond motifs is 1. The van der Waals surface area contributed by atoms with E-state index in [0.29, 0.717) is 5.92 Å². The number of hydrogen-bond donors (Lipinski definition) is 1. The van der Waals surface area contributed by atoms with Crippen LogP contribution in [0.1, 0.15) is 12.6 Å². The summed E-state index contributed by atoms with van der Waals surface area (Å²) in [6, 6.07) is 10.6. The largest absolute Gasteiger partial charge is 0.355 e. The molecule has 1 N–H and O–H groups in total. The van der Waals surface area contributed by atoms with Crippen molar-refractivity contribution in [3.05, 3.63) is 66.4 Å². The van der Waals surface area contributed by atoms with Gasteiger partial charge in [-0.25, -0.2) is 0 Å². The first-order chi connectivity index (χ1) is 8.33. The minimum Gasteiger partial charge on any atom is -0.355 e. The van der Waals surface area contributed by atoms with Crippen LogP contribution in [0.2, 0.25) is 0 Å². The van der Waals surface area contributed by atoms with Gasteiger partial charge in [-0.2, -0.15) is 0 Å². The Kier molecular flexibility index (Phi) is 2.45. The molecule has 0 radical (unpaired) electrons. The number of hydrogen-bond acceptors (Lipinski definition) is 0. The zero-order valence-corrected chi connectivity index (χ0v) is 9.85. The van der Waals surface area contributed by atoms with E-state index < -0.39 is 0 Å². The van der Waals surface area contributed by atoms with Gasteiger partial charge in [0.05, 0.1) is 0 Å². The maximum absolute atomic E-state index is 3.45. The molecule has 1 heterocycles. The van der Waals surface area contributed by atoms with Crippen molar-refractivity contribution in [2.75, 3.05) is 0 Å². The fourth-order valence-electron chi connectivity index (χ4n) is 2.12. The van der Waals surface area contributed by atoms with Gasteiger partial charge in [0.15, 0.2) is 0 Å². The standard InChI is InChI=1S/C16H15N/c1-12-5-4-7-13(10-9-12)16-11-14-6-2-3-8-15(14)17-16/h2-12,17H,1H3. The summed E-state index contributed by atoms with van der Waals surface area (Å²) in [6.45, 7) is 2.19. The second-order valence-corrected chi connectivity index (χ2v) is 4.50. The van der Waals surface area contributed by atoms with E-state index in [0.717, 1.165) is 0 Å². The predicted molar refractivity (Wildman–Crippen MR) is 73.7 cm³/mol. The normalized spacial score (nSPS) is 19.4. The topological polar surface area (TPSA) is 15.8 Å². The molecule has 0 bridgehead atoms. The van der Waals surface area contributed by atoms with E-state index in [4.69, 9.17) is 0 Å². The summed E-state index contributed by atoms with van der Waals surface area (Å²) in [4.78, 5) is 3.45. The van der Waals surface area contributed by atoms with Gasteiger partial charge in [0.2, 0.25) is 0 Å². The highest BCUT2D eigenvalue weighted by Crippen LogP contribution is 2.23. The molecule has 84 valence electrons. The van der Waals surface area contributed by atoms with Gasteiger partial charge in [0.25, 0.3) is 0 Å². The lowest BCUT2D eigenvalue weighted by Gasteiger charge is -1.96. The van der Waals surface area contributed by atoms with Crippen LogP contribution in [0.3, 0.4) is 0 Å². The lowest BCUT2D eigenvalue weighted by atomic mass is 10.1. The number of aromatic nitrogens is 1. The SMILES string of the molecule is CC1C=CC=C(c2cc3ccccc3[nH]2)C=C1. The van der Waals surface area contributed by atoms with Crippen LogP contribution in [-0.4, -0.2) is 4.98 Å². The third-order valence-electron chi connectivity index (χ3n) is 3.11. The molecule has 0 fully saturated rings. The second-order valence-electron chi connectivity index (χ2n) is 4.50. The van der Waals surface area contributed by atoms with Crippen LogP contribution in [-0.2, 0) is 0 Å². The Morgan fingerprint density at radius 3 is 2.88 bits per heavy atom. The summed E-state index contributed by atoms with van der Waals surface area (Å²) >= 11 is 0. The van der Waals surface area contributed by atoms with Crippen LogP contribution in [0, 0.1) is 5.92 Å². The fourth-order valence-corrected chi connectivity index (χ4v) is 2.12. The highest BCUT2D eigenvalue weighted by atomic mass is 14.7. The fraction of sp³-hybridized carbons (Fsp3) is 0.125. The lowest BCUT2D eigenvalue weighted by molar-refractivity contribution is 0.943. The zero-order chi connectivity index (χ0) is 11.7. The average Bonchev–Trinajstić information content (AvgIpc) is 2.65. The summed E-state index contributed by atoms with van der Waals surface area (Å²) < 4.78 is 0. The van der Waals surface area contributed by atoms with Gasteiger partial charge in [-0.15, -0.1) is 0 Å². The Hall–Kier alpha value is -2.02. The molecule has 1 heteroatoms. The summed E-state index contributed by atoms with van der Waals surface area (Å²) in [5, 5.41) is 1.26. The predicted octanol–water partition coefficient (Wildman–Crippen LogP) is 4.31. The maximum atomic E-state index is 3.45. The van der Waals surface area contributed by atoms with E-state index in [1.165, 1.54) is 22.2 Å². The summed E-state index contributed by atoms with van der Waals surface area (Å²) in [5.41, 5.74) is 3.61. The molecule has 3 rings (SSSR count). The van der Waals surface area contributed by atoms with Crippen molar-refractivity contribution in [3.63, 3.8) is 0 Å². The highest BCUT2D eigenvalue weighted by molar-refractivity contribution is 5.87. The molecule has 1 unspecified atom stereocenters. The average molecular weight is 221 g/mol. The van der Waals surface area contributed by atoms with Gasteiger partial charge in [0, 0.05) is 16.6 Å². The molecule has 1 aromatic carbocycles. The van der Waals surface area contributed by atoms with Crippen molar-refractivity contribution >= 4 is 16.5 Å². The monoisotopic (exact) mass is 221 g/mol. The Morgan fingerprint density at radius 1 is 1.12 bits per heavy atom. The molecular formula is C16H15N. The third kappa shape index (κ3) is 1.96. The van der Waals surface area contributed by atoms with E-state index >= 15 is 0 Å². The number of allylic oxidation sites excluding steroid dienone is 6. The quantitative estimate of drug-likeness (QED) is 0.738. The van der Waals surface area contributed by atoms with Gasteiger partial charge < -0.3 is 4.98 Å². The minimum atomic E-state index is 0.508. The molecule has 17 heavy (non-hydrogen) atoms. The molecular weight excluding hydrogens is 206 g/mol. The molecule has 1 atom stereocenters. The van der Waals surface area contributed by atoms with Crippen LogP contribution in [0.25, 0.3) is 16.5 Å². The van der Waals surface area contributed by atoms with Crippen molar-refractivity contribution < 1.29 is 0 Å².